The number of nitrogens with one attached hydrogen (secondary N) is 1. The molecule has 0 aromatic carbocycles. The van der Waals surface area contributed by atoms with Gasteiger partial charge in [-0.2, -0.15) is 23.3 Å². The Morgan fingerprint density at radius 2 is 1.90 bits per heavy atom. The van der Waals surface area contributed by atoms with E-state index >= 15 is 0 Å². The van der Waals surface area contributed by atoms with E-state index in [-0.39, 0.29) is 18.1 Å². The predicted molar refractivity (Wildman–Crippen MR) is 99.6 cm³/mol. The standard InChI is InChI=1S/C16H21ClF3N7O3/c1-10-14(17)15(16(18,19)20)23-26(10)9-13(28)24-4-6-25(7-5-24)27-21-11(29-2)8-12(22-27)30-3/h8,21H,4-7,9H2,1-3H3. The Hall–Kier alpha value is -2.67. The van der Waals surface area contributed by atoms with Crippen molar-refractivity contribution in [2.45, 2.75) is 19.6 Å². The van der Waals surface area contributed by atoms with Crippen molar-refractivity contribution >= 4 is 23.4 Å². The van der Waals surface area contributed by atoms with Crippen molar-refractivity contribution in [3.8, 4) is 0 Å². The molecule has 0 radical (unpaired) electrons. The number of methoxy groups -OCH3 is 2. The molecule has 0 aliphatic carbocycles. The van der Waals surface area contributed by atoms with Crippen LogP contribution in [0.25, 0.3) is 0 Å². The van der Waals surface area contributed by atoms with Crippen molar-refractivity contribution in [1.29, 1.82) is 0 Å². The summed E-state index contributed by atoms with van der Waals surface area (Å²) in [6.07, 6.45) is -3.09. The van der Waals surface area contributed by atoms with Gasteiger partial charge < -0.3 is 14.4 Å². The fourth-order valence-electron chi connectivity index (χ4n) is 2.95. The second-order valence-corrected chi connectivity index (χ2v) is 6.87. The second kappa shape index (κ2) is 8.60. The average molecular weight is 452 g/mol. The number of carbonyl (C=O) groups is 1. The minimum Gasteiger partial charge on any atom is -0.481 e. The first-order valence-corrected chi connectivity index (χ1v) is 9.29. The van der Waals surface area contributed by atoms with Crippen molar-refractivity contribution in [3.63, 3.8) is 0 Å². The normalized spacial score (nSPS) is 18.0. The van der Waals surface area contributed by atoms with Crippen molar-refractivity contribution in [1.82, 2.24) is 30.3 Å². The maximum atomic E-state index is 13.0. The third-order valence-electron chi connectivity index (χ3n) is 4.65. The smallest absolute Gasteiger partial charge is 0.436 e. The zero-order valence-corrected chi connectivity index (χ0v) is 17.3. The largest absolute Gasteiger partial charge is 0.481 e. The number of hydrazone groups is 1. The maximum absolute atomic E-state index is 13.0. The topological polar surface area (TPSA) is 87.5 Å². The summed E-state index contributed by atoms with van der Waals surface area (Å²) in [6.45, 7) is 2.63. The van der Waals surface area contributed by atoms with Gasteiger partial charge in [0.15, 0.2) is 5.69 Å². The van der Waals surface area contributed by atoms with Crippen LogP contribution in [0.3, 0.4) is 0 Å². The maximum Gasteiger partial charge on any atom is 0.436 e. The van der Waals surface area contributed by atoms with E-state index < -0.39 is 16.9 Å². The number of amides is 1. The molecule has 3 heterocycles. The van der Waals surface area contributed by atoms with Gasteiger partial charge in [-0.25, -0.2) is 5.43 Å². The summed E-state index contributed by atoms with van der Waals surface area (Å²) >= 11 is 5.74. The molecule has 166 valence electrons. The van der Waals surface area contributed by atoms with Gasteiger partial charge in [-0.1, -0.05) is 11.6 Å². The van der Waals surface area contributed by atoms with Crippen molar-refractivity contribution in [2.75, 3.05) is 40.4 Å². The third-order valence-corrected chi connectivity index (χ3v) is 5.10. The van der Waals surface area contributed by atoms with Crippen molar-refractivity contribution < 1.29 is 27.4 Å². The van der Waals surface area contributed by atoms with Crippen LogP contribution in [0.15, 0.2) is 17.1 Å². The molecule has 10 nitrogen and oxygen atoms in total. The van der Waals surface area contributed by atoms with E-state index in [4.69, 9.17) is 21.1 Å². The van der Waals surface area contributed by atoms with Gasteiger partial charge in [-0.05, 0) is 6.92 Å². The minimum atomic E-state index is -4.68. The van der Waals surface area contributed by atoms with Crippen molar-refractivity contribution in [2.24, 2.45) is 5.10 Å². The molecule has 2 aliphatic heterocycles. The van der Waals surface area contributed by atoms with Crippen LogP contribution in [0.1, 0.15) is 11.4 Å². The Bertz CT molecular complexity index is 863. The van der Waals surface area contributed by atoms with E-state index in [1.165, 1.54) is 26.4 Å². The van der Waals surface area contributed by atoms with Gasteiger partial charge in [-0.15, -0.1) is 10.3 Å². The molecule has 1 saturated heterocycles. The number of rotatable bonds is 4. The van der Waals surface area contributed by atoms with Gasteiger partial charge in [0.1, 0.15) is 6.54 Å². The zero-order valence-electron chi connectivity index (χ0n) is 16.5. The van der Waals surface area contributed by atoms with Crippen LogP contribution in [0.2, 0.25) is 5.02 Å². The number of aromatic nitrogens is 2. The Labute approximate surface area is 175 Å². The second-order valence-electron chi connectivity index (χ2n) is 6.49. The minimum absolute atomic E-state index is 0.0915. The first-order chi connectivity index (χ1) is 14.1. The fraction of sp³-hybridized carbons (Fsp3) is 0.562. The van der Waals surface area contributed by atoms with Crippen LogP contribution in [0.5, 0.6) is 0 Å². The molecule has 1 aromatic rings. The van der Waals surface area contributed by atoms with E-state index in [9.17, 15) is 18.0 Å². The summed E-state index contributed by atoms with van der Waals surface area (Å²) in [5.41, 5.74) is 1.84. The van der Waals surface area contributed by atoms with Crippen LogP contribution in [-0.4, -0.2) is 77.1 Å². The van der Waals surface area contributed by atoms with E-state index in [2.05, 4.69) is 15.6 Å². The van der Waals surface area contributed by atoms with Crippen LogP contribution in [0.4, 0.5) is 13.2 Å². The van der Waals surface area contributed by atoms with Gasteiger partial charge in [0.2, 0.25) is 17.7 Å². The lowest BCUT2D eigenvalue weighted by Crippen LogP contribution is -2.58. The quantitative estimate of drug-likeness (QED) is 0.735. The van der Waals surface area contributed by atoms with E-state index in [1.807, 2.05) is 5.01 Å². The molecule has 1 amide bonds. The number of hydrogen-bond donors (Lipinski definition) is 1. The van der Waals surface area contributed by atoms with Gasteiger partial charge in [0, 0.05) is 26.2 Å². The molecule has 0 unspecified atom stereocenters. The monoisotopic (exact) mass is 451 g/mol. The number of ether oxygens (including phenoxy) is 2. The average Bonchev–Trinajstić information content (AvgIpc) is 3.02. The molecule has 0 atom stereocenters. The van der Waals surface area contributed by atoms with E-state index in [1.54, 1.807) is 11.0 Å². The molecule has 0 bridgehead atoms. The molecule has 3 rings (SSSR count). The number of halogens is 4. The predicted octanol–water partition coefficient (Wildman–Crippen LogP) is 1.19. The lowest BCUT2D eigenvalue weighted by molar-refractivity contribution is -0.144. The Kier molecular flexibility index (Phi) is 6.31. The van der Waals surface area contributed by atoms with Crippen LogP contribution in [-0.2, 0) is 27.0 Å². The Morgan fingerprint density at radius 3 is 2.43 bits per heavy atom. The SMILES string of the molecule is COC1=CC(OC)=NN(N2CCN(C(=O)Cn3nc(C(F)(F)F)c(Cl)c3C)CC2)N1. The van der Waals surface area contributed by atoms with Gasteiger partial charge in [0.25, 0.3) is 0 Å². The summed E-state index contributed by atoms with van der Waals surface area (Å²) in [5.74, 6) is 0.429. The fourth-order valence-corrected chi connectivity index (χ4v) is 3.19. The number of piperazine rings is 1. The first kappa shape index (κ1) is 22.0. The summed E-state index contributed by atoms with van der Waals surface area (Å²) in [5, 5.41) is 10.5. The molecule has 0 saturated carbocycles. The number of carbonyl (C=O) groups excluding carboxylic acids is 1. The summed E-state index contributed by atoms with van der Waals surface area (Å²) < 4.78 is 50.2. The highest BCUT2D eigenvalue weighted by Gasteiger charge is 2.38. The van der Waals surface area contributed by atoms with Gasteiger partial charge in [0.05, 0.1) is 31.0 Å². The Balaban J connectivity index is 1.60. The number of nitrogens with zero attached hydrogens (tertiary/aromatic N) is 6. The highest BCUT2D eigenvalue weighted by molar-refractivity contribution is 6.32. The molecular weight excluding hydrogens is 431 g/mol. The highest BCUT2D eigenvalue weighted by Crippen LogP contribution is 2.35. The molecule has 1 N–H and O–H groups in total. The summed E-state index contributed by atoms with van der Waals surface area (Å²) in [6, 6.07) is 0. The number of hydrazine groups is 2. The molecule has 2 aliphatic rings. The van der Waals surface area contributed by atoms with E-state index in [0.29, 0.717) is 38.0 Å². The van der Waals surface area contributed by atoms with Crippen LogP contribution < -0.4 is 5.43 Å². The summed E-state index contributed by atoms with van der Waals surface area (Å²) in [4.78, 5) is 14.1. The van der Waals surface area contributed by atoms with Gasteiger partial charge >= 0.3 is 6.18 Å². The molecule has 14 heteroatoms. The third kappa shape index (κ3) is 4.56. The number of hydrogen-bond acceptors (Lipinski definition) is 8. The lowest BCUT2D eigenvalue weighted by atomic mass is 10.3. The van der Waals surface area contributed by atoms with Crippen LogP contribution in [0, 0.1) is 6.92 Å². The highest BCUT2D eigenvalue weighted by atomic mass is 35.5. The lowest BCUT2D eigenvalue weighted by Gasteiger charge is -2.40. The molecule has 0 spiro atoms. The van der Waals surface area contributed by atoms with Crippen LogP contribution >= 0.6 is 11.6 Å². The Morgan fingerprint density at radius 1 is 1.23 bits per heavy atom. The molecular formula is C16H21ClF3N7O3. The zero-order chi connectivity index (χ0) is 22.1. The van der Waals surface area contributed by atoms with E-state index in [0.717, 1.165) is 4.68 Å². The number of alkyl halides is 3. The van der Waals surface area contributed by atoms with Gasteiger partial charge in [-0.3, -0.25) is 9.48 Å². The van der Waals surface area contributed by atoms with Crippen molar-refractivity contribution in [3.05, 3.63) is 28.4 Å². The molecule has 1 aromatic heterocycles. The molecule has 1 fully saturated rings. The first-order valence-electron chi connectivity index (χ1n) is 8.91. The molecule has 30 heavy (non-hydrogen) atoms. The summed E-state index contributed by atoms with van der Waals surface area (Å²) in [7, 11) is 2.98.